The van der Waals surface area contributed by atoms with Crippen molar-refractivity contribution in [1.82, 2.24) is 0 Å². The number of nitrogen functional groups attached to an aromatic ring is 1. The van der Waals surface area contributed by atoms with Crippen LogP contribution in [0.1, 0.15) is 22.3 Å². The minimum Gasteiger partial charge on any atom is -0.399 e. The molecule has 6 nitrogen and oxygen atoms in total. The highest BCUT2D eigenvalue weighted by Crippen LogP contribution is 2.29. The fourth-order valence-electron chi connectivity index (χ4n) is 3.08. The van der Waals surface area contributed by atoms with E-state index in [9.17, 15) is 10.1 Å². The maximum Gasteiger partial charge on any atom is 0.270 e. The molecule has 0 saturated carbocycles. The Kier molecular flexibility index (Phi) is 9.96. The van der Waals surface area contributed by atoms with Crippen LogP contribution >= 0.6 is 23.5 Å². The van der Waals surface area contributed by atoms with E-state index < -0.39 is 4.92 Å². The summed E-state index contributed by atoms with van der Waals surface area (Å²) in [7, 11) is 0. The molecule has 0 spiro atoms. The molecule has 0 aliphatic rings. The highest BCUT2D eigenvalue weighted by Gasteiger charge is 2.11. The van der Waals surface area contributed by atoms with E-state index in [1.54, 1.807) is 23.9 Å². The molecule has 0 unspecified atom stereocenters. The van der Waals surface area contributed by atoms with Gasteiger partial charge in [0, 0.05) is 39.1 Å². The van der Waals surface area contributed by atoms with Gasteiger partial charge in [0.05, 0.1) is 16.1 Å². The number of nitrogens with two attached hydrogens (primary N) is 1. The largest absolute Gasteiger partial charge is 0.399 e. The summed E-state index contributed by atoms with van der Waals surface area (Å²) >= 11 is 3.16. The van der Waals surface area contributed by atoms with Crippen molar-refractivity contribution in [2.24, 2.45) is 0 Å². The van der Waals surface area contributed by atoms with Gasteiger partial charge in [-0.05, 0) is 35.4 Å². The number of rotatable bonds is 7. The third kappa shape index (κ3) is 7.92. The Labute approximate surface area is 218 Å². The van der Waals surface area contributed by atoms with Gasteiger partial charge in [0.25, 0.3) is 5.69 Å². The van der Waals surface area contributed by atoms with E-state index in [2.05, 4.69) is 18.2 Å². The second-order valence-corrected chi connectivity index (χ2v) is 9.50. The van der Waals surface area contributed by atoms with E-state index in [1.807, 2.05) is 66.7 Å². The molecular weight excluding hydrogens is 488 g/mol. The Morgan fingerprint density at radius 1 is 0.722 bits per heavy atom. The standard InChI is InChI=1S/C14H10N2O2S.C14H12N2S/c15-9-12-8-13(16(17)18)6-7-14(12)19-10-11-4-2-1-3-5-11;15-9-12-8-13(16)6-7-14(12)17-10-11-4-2-1-3-5-11/h1-8H,10H2;1-8H,10,16H2. The topological polar surface area (TPSA) is 117 Å². The summed E-state index contributed by atoms with van der Waals surface area (Å²) in [6, 6.07) is 34.0. The van der Waals surface area contributed by atoms with Crippen LogP contribution in [0, 0.1) is 32.8 Å². The van der Waals surface area contributed by atoms with Crippen LogP contribution in [0.25, 0.3) is 0 Å². The van der Waals surface area contributed by atoms with Crippen LogP contribution in [-0.2, 0) is 11.5 Å². The molecular formula is C28H22N4O2S2. The zero-order chi connectivity index (χ0) is 25.8. The van der Waals surface area contributed by atoms with E-state index in [-0.39, 0.29) is 5.69 Å². The lowest BCUT2D eigenvalue weighted by Crippen LogP contribution is -1.90. The second-order valence-electron chi connectivity index (χ2n) is 7.47. The van der Waals surface area contributed by atoms with Crippen LogP contribution in [0.3, 0.4) is 0 Å². The molecule has 0 bridgehead atoms. The fourth-order valence-corrected chi connectivity index (χ4v) is 4.95. The van der Waals surface area contributed by atoms with Gasteiger partial charge in [0.15, 0.2) is 0 Å². The van der Waals surface area contributed by atoms with Gasteiger partial charge in [-0.25, -0.2) is 0 Å². The molecule has 178 valence electrons. The quantitative estimate of drug-likeness (QED) is 0.121. The average Bonchev–Trinajstić information content (AvgIpc) is 2.92. The molecule has 0 radical (unpaired) electrons. The number of thioether (sulfide) groups is 2. The molecule has 0 aliphatic heterocycles. The van der Waals surface area contributed by atoms with Gasteiger partial charge in [-0.15, -0.1) is 23.5 Å². The number of nitriles is 2. The highest BCUT2D eigenvalue weighted by molar-refractivity contribution is 7.98. The molecule has 0 aromatic heterocycles. The summed E-state index contributed by atoms with van der Waals surface area (Å²) in [4.78, 5) is 11.9. The molecule has 4 rings (SSSR count). The van der Waals surface area contributed by atoms with Crippen molar-refractivity contribution in [2.75, 3.05) is 5.73 Å². The van der Waals surface area contributed by atoms with Crippen LogP contribution in [0.15, 0.2) is 107 Å². The molecule has 0 amide bonds. The Bertz CT molecular complexity index is 1400. The summed E-state index contributed by atoms with van der Waals surface area (Å²) in [6.07, 6.45) is 0. The summed E-state index contributed by atoms with van der Waals surface area (Å²) in [5.41, 5.74) is 9.61. The number of anilines is 1. The summed E-state index contributed by atoms with van der Waals surface area (Å²) in [5.74, 6) is 1.59. The first-order valence-electron chi connectivity index (χ1n) is 10.8. The zero-order valence-corrected chi connectivity index (χ0v) is 20.8. The number of nitro benzene ring substituents is 1. The van der Waals surface area contributed by atoms with Crippen molar-refractivity contribution in [3.05, 3.63) is 129 Å². The van der Waals surface area contributed by atoms with Gasteiger partial charge in [-0.3, -0.25) is 10.1 Å². The summed E-state index contributed by atoms with van der Waals surface area (Å²) in [5, 5.41) is 28.7. The van der Waals surface area contributed by atoms with Crippen LogP contribution < -0.4 is 5.73 Å². The molecule has 4 aromatic carbocycles. The molecule has 0 aliphatic carbocycles. The third-order valence-electron chi connectivity index (χ3n) is 4.89. The van der Waals surface area contributed by atoms with Crippen LogP contribution in [0.4, 0.5) is 11.4 Å². The van der Waals surface area contributed by atoms with Gasteiger partial charge < -0.3 is 5.73 Å². The second kappa shape index (κ2) is 13.6. The predicted octanol–water partition coefficient (Wildman–Crippen LogP) is 7.19. The van der Waals surface area contributed by atoms with Crippen molar-refractivity contribution in [2.45, 2.75) is 21.3 Å². The van der Waals surface area contributed by atoms with Crippen molar-refractivity contribution < 1.29 is 4.92 Å². The third-order valence-corrected chi connectivity index (χ3v) is 7.18. The Morgan fingerprint density at radius 2 is 1.19 bits per heavy atom. The predicted molar refractivity (Wildman–Crippen MR) is 145 cm³/mol. The minimum absolute atomic E-state index is 0.0550. The molecule has 4 aromatic rings. The van der Waals surface area contributed by atoms with Gasteiger partial charge in [0.2, 0.25) is 0 Å². The number of nitro groups is 1. The Hall–Kier alpha value is -4.24. The van der Waals surface area contributed by atoms with Gasteiger partial charge in [-0.1, -0.05) is 60.7 Å². The molecule has 0 atom stereocenters. The van der Waals surface area contributed by atoms with Gasteiger partial charge in [-0.2, -0.15) is 10.5 Å². The number of hydrogen-bond donors (Lipinski definition) is 1. The summed E-state index contributed by atoms with van der Waals surface area (Å²) < 4.78 is 0. The Morgan fingerprint density at radius 3 is 1.67 bits per heavy atom. The molecule has 0 saturated heterocycles. The van der Waals surface area contributed by atoms with E-state index in [0.29, 0.717) is 16.8 Å². The smallest absolute Gasteiger partial charge is 0.270 e. The number of hydrogen-bond acceptors (Lipinski definition) is 7. The lowest BCUT2D eigenvalue weighted by molar-refractivity contribution is -0.384. The molecule has 0 heterocycles. The highest BCUT2D eigenvalue weighted by atomic mass is 32.2. The maximum absolute atomic E-state index is 10.6. The lowest BCUT2D eigenvalue weighted by atomic mass is 10.2. The normalized spacial score (nSPS) is 9.83. The lowest BCUT2D eigenvalue weighted by Gasteiger charge is -2.04. The van der Waals surface area contributed by atoms with E-state index >= 15 is 0 Å². The first kappa shape index (κ1) is 26.4. The van der Waals surface area contributed by atoms with Crippen molar-refractivity contribution in [3.8, 4) is 12.1 Å². The number of nitrogens with zero attached hydrogens (tertiary/aromatic N) is 3. The zero-order valence-electron chi connectivity index (χ0n) is 19.2. The molecule has 0 fully saturated rings. The van der Waals surface area contributed by atoms with Crippen molar-refractivity contribution in [1.29, 1.82) is 10.5 Å². The van der Waals surface area contributed by atoms with Gasteiger partial charge >= 0.3 is 0 Å². The molecule has 36 heavy (non-hydrogen) atoms. The van der Waals surface area contributed by atoms with Crippen molar-refractivity contribution in [3.63, 3.8) is 0 Å². The minimum atomic E-state index is -0.494. The first-order chi connectivity index (χ1) is 17.5. The van der Waals surface area contributed by atoms with Crippen LogP contribution in [0.5, 0.6) is 0 Å². The fraction of sp³-hybridized carbons (Fsp3) is 0.0714. The van der Waals surface area contributed by atoms with Gasteiger partial charge in [0.1, 0.15) is 12.1 Å². The number of non-ortho nitro benzene ring substituents is 1. The van der Waals surface area contributed by atoms with Crippen LogP contribution in [-0.4, -0.2) is 4.92 Å². The summed E-state index contributed by atoms with van der Waals surface area (Å²) in [6.45, 7) is 0. The van der Waals surface area contributed by atoms with Crippen LogP contribution in [0.2, 0.25) is 0 Å². The maximum atomic E-state index is 10.6. The SMILES string of the molecule is N#Cc1cc(N)ccc1SCc1ccccc1.N#Cc1cc([N+](=O)[O-])ccc1SCc1ccccc1. The monoisotopic (exact) mass is 510 g/mol. The first-order valence-corrected chi connectivity index (χ1v) is 12.8. The number of benzene rings is 4. The Balaban J connectivity index is 0.000000202. The van der Waals surface area contributed by atoms with E-state index in [4.69, 9.17) is 16.3 Å². The molecule has 8 heteroatoms. The van der Waals surface area contributed by atoms with E-state index in [1.165, 1.54) is 29.5 Å². The van der Waals surface area contributed by atoms with Crippen molar-refractivity contribution >= 4 is 34.9 Å². The molecule has 2 N–H and O–H groups in total. The van der Waals surface area contributed by atoms with E-state index in [0.717, 1.165) is 26.9 Å². The average molecular weight is 511 g/mol.